The molecule has 0 aliphatic heterocycles. The van der Waals surface area contributed by atoms with Crippen LogP contribution in [0.5, 0.6) is 5.75 Å². The number of amides is 1. The van der Waals surface area contributed by atoms with Crippen LogP contribution in [0.4, 0.5) is 10.1 Å². The zero-order valence-electron chi connectivity index (χ0n) is 13.3. The second kappa shape index (κ2) is 9.33. The predicted octanol–water partition coefficient (Wildman–Crippen LogP) is 2.45. The average Bonchev–Trinajstić information content (AvgIpc) is 2.60. The maximum Gasteiger partial charge on any atom is 0.274 e. The number of halogens is 1. The lowest BCUT2D eigenvalue weighted by molar-refractivity contribution is -0.385. The van der Waals surface area contributed by atoms with E-state index in [1.165, 1.54) is 0 Å². The number of para-hydroxylation sites is 1. The summed E-state index contributed by atoms with van der Waals surface area (Å²) in [6.45, 7) is 0.118. The molecule has 8 heteroatoms. The lowest BCUT2D eigenvalue weighted by Gasteiger charge is -2.08. The molecule has 0 saturated heterocycles. The lowest BCUT2D eigenvalue weighted by Crippen LogP contribution is -2.28. The molecule has 132 valence electrons. The molecular weight excluding hydrogens is 331 g/mol. The SMILES string of the molecule is O=C(COCCOc1ccccc1)NCc1cc(F)ccc1[N+](=O)[O-]. The Morgan fingerprint density at radius 2 is 1.92 bits per heavy atom. The molecule has 0 unspecified atom stereocenters. The summed E-state index contributed by atoms with van der Waals surface area (Å²) in [5.41, 5.74) is -0.162. The highest BCUT2D eigenvalue weighted by Crippen LogP contribution is 2.19. The molecule has 0 saturated carbocycles. The summed E-state index contributed by atoms with van der Waals surface area (Å²) < 4.78 is 23.7. The van der Waals surface area contributed by atoms with Crippen LogP contribution in [0.1, 0.15) is 5.56 Å². The Labute approximate surface area is 143 Å². The van der Waals surface area contributed by atoms with Gasteiger partial charge in [-0.25, -0.2) is 4.39 Å². The molecule has 1 N–H and O–H groups in total. The number of rotatable bonds is 9. The number of hydrogen-bond acceptors (Lipinski definition) is 5. The smallest absolute Gasteiger partial charge is 0.274 e. The quantitative estimate of drug-likeness (QED) is 0.427. The summed E-state index contributed by atoms with van der Waals surface area (Å²) in [6, 6.07) is 12.2. The van der Waals surface area contributed by atoms with E-state index in [4.69, 9.17) is 9.47 Å². The van der Waals surface area contributed by atoms with E-state index in [0.717, 1.165) is 18.2 Å². The number of ether oxygens (including phenoxy) is 2. The first-order valence-electron chi connectivity index (χ1n) is 7.51. The van der Waals surface area contributed by atoms with Gasteiger partial charge in [0.15, 0.2) is 0 Å². The summed E-state index contributed by atoms with van der Waals surface area (Å²) in [6.07, 6.45) is 0. The van der Waals surface area contributed by atoms with Gasteiger partial charge in [0.1, 0.15) is 24.8 Å². The Morgan fingerprint density at radius 1 is 1.16 bits per heavy atom. The first-order chi connectivity index (χ1) is 12.1. The van der Waals surface area contributed by atoms with E-state index in [0.29, 0.717) is 5.75 Å². The molecule has 0 aliphatic rings. The van der Waals surface area contributed by atoms with Crippen LogP contribution in [0, 0.1) is 15.9 Å². The van der Waals surface area contributed by atoms with E-state index in [1.54, 1.807) is 12.1 Å². The lowest BCUT2D eigenvalue weighted by atomic mass is 10.1. The molecule has 0 aromatic heterocycles. The van der Waals surface area contributed by atoms with E-state index < -0.39 is 16.6 Å². The Balaban J connectivity index is 1.69. The van der Waals surface area contributed by atoms with Gasteiger partial charge in [-0.1, -0.05) is 18.2 Å². The van der Waals surface area contributed by atoms with Gasteiger partial charge < -0.3 is 14.8 Å². The Morgan fingerprint density at radius 3 is 2.64 bits per heavy atom. The number of carbonyl (C=O) groups is 1. The van der Waals surface area contributed by atoms with Gasteiger partial charge in [0, 0.05) is 12.6 Å². The third-order valence-corrected chi connectivity index (χ3v) is 3.19. The first kappa shape index (κ1) is 18.3. The fraction of sp³-hybridized carbons (Fsp3) is 0.235. The standard InChI is InChI=1S/C17H17FN2O5/c18-14-6-7-16(20(22)23)13(10-14)11-19-17(21)12-24-8-9-25-15-4-2-1-3-5-15/h1-7,10H,8-9,11-12H2,(H,19,21). The zero-order chi connectivity index (χ0) is 18.1. The van der Waals surface area contributed by atoms with Gasteiger partial charge in [0.2, 0.25) is 5.91 Å². The molecule has 25 heavy (non-hydrogen) atoms. The normalized spacial score (nSPS) is 10.3. The fourth-order valence-corrected chi connectivity index (χ4v) is 2.02. The van der Waals surface area contributed by atoms with Crippen LogP contribution in [0.25, 0.3) is 0 Å². The number of nitro groups is 1. The van der Waals surface area contributed by atoms with Crippen molar-refractivity contribution >= 4 is 11.6 Å². The molecule has 0 atom stereocenters. The maximum absolute atomic E-state index is 13.2. The van der Waals surface area contributed by atoms with Gasteiger partial charge >= 0.3 is 0 Å². The van der Waals surface area contributed by atoms with Crippen LogP contribution in [-0.4, -0.2) is 30.7 Å². The summed E-state index contributed by atoms with van der Waals surface area (Å²) in [7, 11) is 0. The monoisotopic (exact) mass is 348 g/mol. The molecule has 1 amide bonds. The van der Waals surface area contributed by atoms with Crippen LogP contribution >= 0.6 is 0 Å². The van der Waals surface area contributed by atoms with Gasteiger partial charge in [-0.15, -0.1) is 0 Å². The Bertz CT molecular complexity index is 724. The van der Waals surface area contributed by atoms with E-state index in [9.17, 15) is 19.3 Å². The summed E-state index contributed by atoms with van der Waals surface area (Å²) in [5.74, 6) is -0.364. The number of nitro benzene ring substituents is 1. The molecule has 0 heterocycles. The molecule has 0 bridgehead atoms. The summed E-state index contributed by atoms with van der Waals surface area (Å²) in [5, 5.41) is 13.3. The largest absolute Gasteiger partial charge is 0.491 e. The van der Waals surface area contributed by atoms with Crippen molar-refractivity contribution < 1.29 is 23.6 Å². The minimum absolute atomic E-state index is 0.0887. The Hall–Kier alpha value is -3.00. The minimum Gasteiger partial charge on any atom is -0.491 e. The third kappa shape index (κ3) is 6.19. The van der Waals surface area contributed by atoms with E-state index in [-0.39, 0.29) is 37.6 Å². The highest BCUT2D eigenvalue weighted by Gasteiger charge is 2.15. The average molecular weight is 348 g/mol. The van der Waals surface area contributed by atoms with Gasteiger partial charge in [-0.05, 0) is 24.3 Å². The third-order valence-electron chi connectivity index (χ3n) is 3.19. The second-order valence-electron chi connectivity index (χ2n) is 5.02. The van der Waals surface area contributed by atoms with Crippen LogP contribution in [-0.2, 0) is 16.1 Å². The van der Waals surface area contributed by atoms with Crippen LogP contribution < -0.4 is 10.1 Å². The van der Waals surface area contributed by atoms with E-state index >= 15 is 0 Å². The van der Waals surface area contributed by atoms with Crippen molar-refractivity contribution in [1.29, 1.82) is 0 Å². The van der Waals surface area contributed by atoms with Crippen molar-refractivity contribution in [2.75, 3.05) is 19.8 Å². The molecule has 2 aromatic rings. The van der Waals surface area contributed by atoms with Gasteiger partial charge in [0.05, 0.1) is 17.1 Å². The van der Waals surface area contributed by atoms with Gasteiger partial charge in [-0.2, -0.15) is 0 Å². The first-order valence-corrected chi connectivity index (χ1v) is 7.51. The molecule has 0 aliphatic carbocycles. The predicted molar refractivity (Wildman–Crippen MR) is 87.7 cm³/mol. The van der Waals surface area contributed by atoms with Crippen molar-refractivity contribution in [2.45, 2.75) is 6.54 Å². The van der Waals surface area contributed by atoms with Crippen LogP contribution in [0.15, 0.2) is 48.5 Å². The molecule has 0 radical (unpaired) electrons. The van der Waals surface area contributed by atoms with Gasteiger partial charge in [0.25, 0.3) is 5.69 Å². The van der Waals surface area contributed by atoms with Crippen molar-refractivity contribution in [1.82, 2.24) is 5.32 Å². The van der Waals surface area contributed by atoms with Crippen LogP contribution in [0.2, 0.25) is 0 Å². The summed E-state index contributed by atoms with van der Waals surface area (Å²) in [4.78, 5) is 21.9. The molecule has 0 spiro atoms. The number of carbonyl (C=O) groups excluding carboxylic acids is 1. The van der Waals surface area contributed by atoms with Gasteiger partial charge in [-0.3, -0.25) is 14.9 Å². The van der Waals surface area contributed by atoms with Crippen molar-refractivity contribution in [3.05, 3.63) is 70.0 Å². The minimum atomic E-state index is -0.627. The number of nitrogens with one attached hydrogen (secondary N) is 1. The molecule has 7 nitrogen and oxygen atoms in total. The number of nitrogens with zero attached hydrogens (tertiary/aromatic N) is 1. The molecule has 0 fully saturated rings. The van der Waals surface area contributed by atoms with Crippen LogP contribution in [0.3, 0.4) is 0 Å². The van der Waals surface area contributed by atoms with E-state index in [1.807, 2.05) is 18.2 Å². The molecule has 2 aromatic carbocycles. The molecular formula is C17H17FN2O5. The fourth-order valence-electron chi connectivity index (χ4n) is 2.02. The number of hydrogen-bond donors (Lipinski definition) is 1. The van der Waals surface area contributed by atoms with Crippen molar-refractivity contribution in [2.24, 2.45) is 0 Å². The topological polar surface area (TPSA) is 90.7 Å². The van der Waals surface area contributed by atoms with Crippen molar-refractivity contribution in [3.63, 3.8) is 0 Å². The summed E-state index contributed by atoms with van der Waals surface area (Å²) >= 11 is 0. The zero-order valence-corrected chi connectivity index (χ0v) is 13.3. The van der Waals surface area contributed by atoms with Crippen molar-refractivity contribution in [3.8, 4) is 5.75 Å². The Kier molecular flexibility index (Phi) is 6.85. The molecule has 2 rings (SSSR count). The highest BCUT2D eigenvalue weighted by atomic mass is 19.1. The highest BCUT2D eigenvalue weighted by molar-refractivity contribution is 5.77. The maximum atomic E-state index is 13.2. The number of benzene rings is 2. The van der Waals surface area contributed by atoms with E-state index in [2.05, 4.69) is 5.32 Å². The second-order valence-corrected chi connectivity index (χ2v) is 5.02.